The molecule has 2 N–H and O–H groups in total. The van der Waals surface area contributed by atoms with Gasteiger partial charge in [-0.05, 0) is 48.0 Å². The van der Waals surface area contributed by atoms with E-state index >= 15 is 0 Å². The summed E-state index contributed by atoms with van der Waals surface area (Å²) in [7, 11) is 0. The van der Waals surface area contributed by atoms with E-state index in [1.54, 1.807) is 6.07 Å². The largest absolute Gasteiger partial charge is 0.464 e. The Kier molecular flexibility index (Phi) is 5.26. The van der Waals surface area contributed by atoms with Crippen molar-refractivity contribution in [2.24, 2.45) is 0 Å². The highest BCUT2D eigenvalue weighted by atomic mass is 79.9. The van der Waals surface area contributed by atoms with Gasteiger partial charge in [0.15, 0.2) is 0 Å². The van der Waals surface area contributed by atoms with Crippen LogP contribution in [0.1, 0.15) is 13.8 Å². The maximum atomic E-state index is 13.1. The number of ether oxygens (including phenoxy) is 1. The number of rotatable bonds is 6. The van der Waals surface area contributed by atoms with Crippen molar-refractivity contribution in [1.29, 1.82) is 0 Å². The van der Waals surface area contributed by atoms with Crippen LogP contribution in [0.5, 0.6) is 6.01 Å². The SMILES string of the molecule is CCNc1nc(Nc2ccc(F)cc2Br)nc(OCC)n1. The van der Waals surface area contributed by atoms with E-state index in [4.69, 9.17) is 4.74 Å². The Hall–Kier alpha value is -1.96. The lowest BCUT2D eigenvalue weighted by molar-refractivity contribution is 0.312. The number of benzene rings is 1. The predicted octanol–water partition coefficient (Wildman–Crippen LogP) is 3.35. The Labute approximate surface area is 130 Å². The van der Waals surface area contributed by atoms with E-state index in [2.05, 4.69) is 41.5 Å². The molecule has 1 heterocycles. The standard InChI is InChI=1S/C13H15BrFN5O/c1-3-16-11-18-12(20-13(19-11)21-4-2)17-10-6-5-8(15)7-9(10)14/h5-7H,3-4H2,1-2H3,(H2,16,17,18,19,20). The molecule has 0 fully saturated rings. The summed E-state index contributed by atoms with van der Waals surface area (Å²) in [5, 5.41) is 6.00. The lowest BCUT2D eigenvalue weighted by Gasteiger charge is -2.10. The van der Waals surface area contributed by atoms with Gasteiger partial charge in [-0.25, -0.2) is 4.39 Å². The van der Waals surface area contributed by atoms with Gasteiger partial charge >= 0.3 is 6.01 Å². The summed E-state index contributed by atoms with van der Waals surface area (Å²) in [4.78, 5) is 12.5. The fraction of sp³-hybridized carbons (Fsp3) is 0.308. The molecule has 1 aromatic carbocycles. The van der Waals surface area contributed by atoms with E-state index in [0.717, 1.165) is 0 Å². The predicted molar refractivity (Wildman–Crippen MR) is 82.5 cm³/mol. The van der Waals surface area contributed by atoms with Gasteiger partial charge in [-0.2, -0.15) is 15.0 Å². The van der Waals surface area contributed by atoms with E-state index in [-0.39, 0.29) is 11.8 Å². The lowest BCUT2D eigenvalue weighted by Crippen LogP contribution is -2.09. The fourth-order valence-corrected chi connectivity index (χ4v) is 2.00. The average molecular weight is 356 g/mol. The third kappa shape index (κ3) is 4.25. The minimum Gasteiger partial charge on any atom is -0.464 e. The first-order valence-corrected chi connectivity index (χ1v) is 7.26. The molecule has 1 aromatic heterocycles. The van der Waals surface area contributed by atoms with E-state index in [1.807, 2.05) is 13.8 Å². The Bertz CT molecular complexity index is 601. The number of hydrogen-bond acceptors (Lipinski definition) is 6. The van der Waals surface area contributed by atoms with Crippen molar-refractivity contribution >= 4 is 33.5 Å². The van der Waals surface area contributed by atoms with Crippen molar-refractivity contribution in [2.45, 2.75) is 13.8 Å². The van der Waals surface area contributed by atoms with Gasteiger partial charge in [-0.1, -0.05) is 0 Å². The van der Waals surface area contributed by atoms with Crippen molar-refractivity contribution in [1.82, 2.24) is 15.0 Å². The molecule has 0 saturated heterocycles. The summed E-state index contributed by atoms with van der Waals surface area (Å²) >= 11 is 3.28. The molecule has 0 aliphatic rings. The molecular weight excluding hydrogens is 341 g/mol. The highest BCUT2D eigenvalue weighted by Crippen LogP contribution is 2.26. The second kappa shape index (κ2) is 7.16. The summed E-state index contributed by atoms with van der Waals surface area (Å²) in [6.45, 7) is 4.92. The van der Waals surface area contributed by atoms with Gasteiger partial charge in [0.1, 0.15) is 5.82 Å². The van der Waals surface area contributed by atoms with E-state index in [0.29, 0.717) is 35.2 Å². The molecule has 2 rings (SSSR count). The van der Waals surface area contributed by atoms with Gasteiger partial charge in [-0.15, -0.1) is 0 Å². The van der Waals surface area contributed by atoms with Crippen molar-refractivity contribution < 1.29 is 9.13 Å². The van der Waals surface area contributed by atoms with E-state index in [9.17, 15) is 4.39 Å². The number of halogens is 2. The molecule has 6 nitrogen and oxygen atoms in total. The van der Waals surface area contributed by atoms with Crippen LogP contribution in [-0.4, -0.2) is 28.1 Å². The molecule has 0 aliphatic carbocycles. The number of aromatic nitrogens is 3. The Morgan fingerprint density at radius 2 is 1.95 bits per heavy atom. The Morgan fingerprint density at radius 3 is 2.62 bits per heavy atom. The van der Waals surface area contributed by atoms with Crippen LogP contribution < -0.4 is 15.4 Å². The van der Waals surface area contributed by atoms with Gasteiger partial charge < -0.3 is 15.4 Å². The maximum Gasteiger partial charge on any atom is 0.323 e. The molecule has 0 bridgehead atoms. The molecule has 0 spiro atoms. The summed E-state index contributed by atoms with van der Waals surface area (Å²) in [6, 6.07) is 4.53. The molecule has 21 heavy (non-hydrogen) atoms. The van der Waals surface area contributed by atoms with Gasteiger partial charge in [0.25, 0.3) is 0 Å². The fourth-order valence-electron chi connectivity index (χ4n) is 1.55. The quantitative estimate of drug-likeness (QED) is 0.827. The third-order valence-electron chi connectivity index (χ3n) is 2.40. The summed E-state index contributed by atoms with van der Waals surface area (Å²) in [6.07, 6.45) is 0. The molecule has 0 saturated carbocycles. The smallest absolute Gasteiger partial charge is 0.323 e. The van der Waals surface area contributed by atoms with Gasteiger partial charge in [0.05, 0.1) is 12.3 Å². The molecular formula is C13H15BrFN5O. The van der Waals surface area contributed by atoms with Gasteiger partial charge in [-0.3, -0.25) is 0 Å². The number of nitrogens with zero attached hydrogens (tertiary/aromatic N) is 3. The van der Waals surface area contributed by atoms with Crippen LogP contribution in [0.4, 0.5) is 22.0 Å². The molecule has 0 radical (unpaired) electrons. The average Bonchev–Trinajstić information content (AvgIpc) is 2.42. The second-order valence-electron chi connectivity index (χ2n) is 3.98. The summed E-state index contributed by atoms with van der Waals surface area (Å²) < 4.78 is 19.0. The monoisotopic (exact) mass is 355 g/mol. The van der Waals surface area contributed by atoms with Crippen molar-refractivity contribution in [3.8, 4) is 6.01 Å². The topological polar surface area (TPSA) is 72.0 Å². The zero-order valence-corrected chi connectivity index (χ0v) is 13.2. The Balaban J connectivity index is 2.29. The third-order valence-corrected chi connectivity index (χ3v) is 3.06. The zero-order valence-electron chi connectivity index (χ0n) is 11.7. The van der Waals surface area contributed by atoms with Gasteiger partial charge in [0.2, 0.25) is 11.9 Å². The van der Waals surface area contributed by atoms with Crippen molar-refractivity contribution in [3.63, 3.8) is 0 Å². The second-order valence-corrected chi connectivity index (χ2v) is 4.83. The van der Waals surface area contributed by atoms with Crippen LogP contribution in [0.2, 0.25) is 0 Å². The zero-order chi connectivity index (χ0) is 15.2. The van der Waals surface area contributed by atoms with Crippen LogP contribution in [0, 0.1) is 5.82 Å². The first-order chi connectivity index (χ1) is 10.1. The van der Waals surface area contributed by atoms with Crippen LogP contribution in [0.3, 0.4) is 0 Å². The molecule has 2 aromatic rings. The molecule has 112 valence electrons. The highest BCUT2D eigenvalue weighted by Gasteiger charge is 2.09. The Morgan fingerprint density at radius 1 is 1.19 bits per heavy atom. The van der Waals surface area contributed by atoms with Gasteiger partial charge in [0, 0.05) is 11.0 Å². The molecule has 0 aliphatic heterocycles. The molecule has 8 heteroatoms. The number of anilines is 3. The van der Waals surface area contributed by atoms with E-state index < -0.39 is 0 Å². The minimum absolute atomic E-state index is 0.226. The first-order valence-electron chi connectivity index (χ1n) is 6.47. The van der Waals surface area contributed by atoms with Crippen molar-refractivity contribution in [3.05, 3.63) is 28.5 Å². The highest BCUT2D eigenvalue weighted by molar-refractivity contribution is 9.10. The maximum absolute atomic E-state index is 13.1. The van der Waals surface area contributed by atoms with E-state index in [1.165, 1.54) is 12.1 Å². The number of nitrogens with one attached hydrogen (secondary N) is 2. The summed E-state index contributed by atoms with van der Waals surface area (Å²) in [5.41, 5.74) is 0.646. The molecule has 0 unspecified atom stereocenters. The molecule has 0 amide bonds. The van der Waals surface area contributed by atoms with Crippen LogP contribution >= 0.6 is 15.9 Å². The number of hydrogen-bond donors (Lipinski definition) is 2. The van der Waals surface area contributed by atoms with Crippen molar-refractivity contribution in [2.75, 3.05) is 23.8 Å². The van der Waals surface area contributed by atoms with Crippen LogP contribution in [0.25, 0.3) is 0 Å². The van der Waals surface area contributed by atoms with Crippen LogP contribution in [0.15, 0.2) is 22.7 Å². The normalized spacial score (nSPS) is 10.3. The minimum atomic E-state index is -0.327. The summed E-state index contributed by atoms with van der Waals surface area (Å²) in [5.74, 6) is 0.403. The molecule has 0 atom stereocenters. The lowest BCUT2D eigenvalue weighted by atomic mass is 10.3. The van der Waals surface area contributed by atoms with Crippen LogP contribution in [-0.2, 0) is 0 Å². The first kappa shape index (κ1) is 15.4.